The Hall–Kier alpha value is -4.49. The molecule has 4 aromatic rings. The molecule has 11 nitrogen and oxygen atoms in total. The first-order chi connectivity index (χ1) is 19.5. The quantitative estimate of drug-likeness (QED) is 0.166. The normalized spacial score (nSPS) is 16.9. The smallest absolute Gasteiger partial charge is 0.271 e. The van der Waals surface area contributed by atoms with Gasteiger partial charge in [-0.15, -0.1) is 0 Å². The SMILES string of the molecule is COc1ccc([N+](=O)[O-])cc1-n1c(C)cc([C@H]2[C@H](c3ccccn3)NC(=S)N2c2ccc(NS(C)(=O)=O)cc2)c1C. The number of non-ortho nitro benzene ring substituents is 1. The van der Waals surface area contributed by atoms with Crippen LogP contribution >= 0.6 is 12.2 Å². The van der Waals surface area contributed by atoms with Crippen LogP contribution in [0.4, 0.5) is 17.1 Å². The van der Waals surface area contributed by atoms with Crippen molar-refractivity contribution in [3.63, 3.8) is 0 Å². The van der Waals surface area contributed by atoms with E-state index in [-0.39, 0.29) is 17.8 Å². The largest absolute Gasteiger partial charge is 0.495 e. The Kier molecular flexibility index (Phi) is 7.41. The number of nitrogens with zero attached hydrogens (tertiary/aromatic N) is 4. The van der Waals surface area contributed by atoms with Crippen LogP contribution < -0.4 is 19.7 Å². The van der Waals surface area contributed by atoms with Gasteiger partial charge in [0.25, 0.3) is 5.69 Å². The molecule has 2 N–H and O–H groups in total. The highest BCUT2D eigenvalue weighted by Crippen LogP contribution is 2.44. The summed E-state index contributed by atoms with van der Waals surface area (Å²) in [7, 11) is -1.90. The third-order valence-electron chi connectivity index (χ3n) is 6.95. The lowest BCUT2D eigenvalue weighted by Crippen LogP contribution is -2.29. The van der Waals surface area contributed by atoms with E-state index in [1.165, 1.54) is 19.2 Å². The fourth-order valence-corrected chi connectivity index (χ4v) is 6.19. The summed E-state index contributed by atoms with van der Waals surface area (Å²) in [5.74, 6) is 0.496. The summed E-state index contributed by atoms with van der Waals surface area (Å²) in [5, 5.41) is 15.5. The van der Waals surface area contributed by atoms with E-state index in [0.29, 0.717) is 22.2 Å². The van der Waals surface area contributed by atoms with Gasteiger partial charge in [0.05, 0.1) is 41.8 Å². The maximum atomic E-state index is 11.7. The molecule has 41 heavy (non-hydrogen) atoms. The van der Waals surface area contributed by atoms with E-state index < -0.39 is 14.9 Å². The van der Waals surface area contributed by atoms with E-state index in [0.717, 1.165) is 34.6 Å². The number of rotatable bonds is 8. The number of ether oxygens (including phenoxy) is 1. The number of nitro groups is 1. The lowest BCUT2D eigenvalue weighted by Gasteiger charge is -2.28. The number of aryl methyl sites for hydroxylation is 1. The topological polar surface area (TPSA) is 132 Å². The zero-order valence-corrected chi connectivity index (χ0v) is 24.4. The van der Waals surface area contributed by atoms with Gasteiger partial charge < -0.3 is 19.5 Å². The molecule has 0 radical (unpaired) electrons. The van der Waals surface area contributed by atoms with Gasteiger partial charge in [-0.2, -0.15) is 0 Å². The van der Waals surface area contributed by atoms with Crippen molar-refractivity contribution in [3.05, 3.63) is 106 Å². The van der Waals surface area contributed by atoms with Gasteiger partial charge in [0.1, 0.15) is 5.75 Å². The summed E-state index contributed by atoms with van der Waals surface area (Å²) in [4.78, 5) is 17.7. The fraction of sp³-hybridized carbons (Fsp3) is 0.214. The number of benzene rings is 2. The number of nitrogens with one attached hydrogen (secondary N) is 2. The van der Waals surface area contributed by atoms with Crippen LogP contribution in [0, 0.1) is 24.0 Å². The molecule has 1 aliphatic heterocycles. The predicted molar refractivity (Wildman–Crippen MR) is 161 cm³/mol. The van der Waals surface area contributed by atoms with E-state index >= 15 is 0 Å². The number of aromatic nitrogens is 2. The number of hydrogen-bond acceptors (Lipinski definition) is 7. The molecular formula is C28H28N6O5S2. The number of nitro benzene ring substituents is 1. The molecule has 0 amide bonds. The first-order valence-electron chi connectivity index (χ1n) is 12.6. The van der Waals surface area contributed by atoms with Gasteiger partial charge in [-0.25, -0.2) is 8.42 Å². The Balaban J connectivity index is 1.66. The minimum atomic E-state index is -3.43. The molecular weight excluding hydrogens is 564 g/mol. The van der Waals surface area contributed by atoms with Gasteiger partial charge in [0.2, 0.25) is 10.0 Å². The number of pyridine rings is 1. The van der Waals surface area contributed by atoms with Crippen LogP contribution in [0.5, 0.6) is 5.75 Å². The highest BCUT2D eigenvalue weighted by molar-refractivity contribution is 7.92. The molecule has 212 valence electrons. The summed E-state index contributed by atoms with van der Waals surface area (Å²) in [6.07, 6.45) is 2.82. The second-order valence-electron chi connectivity index (χ2n) is 9.69. The third-order valence-corrected chi connectivity index (χ3v) is 7.87. The first kappa shape index (κ1) is 28.1. The molecule has 2 atom stereocenters. The van der Waals surface area contributed by atoms with E-state index in [9.17, 15) is 18.5 Å². The second-order valence-corrected chi connectivity index (χ2v) is 11.8. The number of methoxy groups -OCH3 is 1. The van der Waals surface area contributed by atoms with Crippen molar-refractivity contribution in [2.45, 2.75) is 25.9 Å². The summed E-state index contributed by atoms with van der Waals surface area (Å²) in [6.45, 7) is 3.88. The van der Waals surface area contributed by atoms with Gasteiger partial charge in [0.15, 0.2) is 5.11 Å². The maximum absolute atomic E-state index is 11.7. The Bertz CT molecular complexity index is 1740. The van der Waals surface area contributed by atoms with Crippen molar-refractivity contribution in [3.8, 4) is 11.4 Å². The van der Waals surface area contributed by atoms with Gasteiger partial charge in [-0.3, -0.25) is 19.8 Å². The van der Waals surface area contributed by atoms with Crippen LogP contribution in [0.2, 0.25) is 0 Å². The molecule has 13 heteroatoms. The molecule has 0 unspecified atom stereocenters. The third kappa shape index (κ3) is 5.45. The van der Waals surface area contributed by atoms with Crippen LogP contribution in [-0.2, 0) is 10.0 Å². The average Bonchev–Trinajstić information content (AvgIpc) is 3.43. The molecule has 0 aliphatic carbocycles. The first-order valence-corrected chi connectivity index (χ1v) is 14.9. The van der Waals surface area contributed by atoms with Crippen molar-refractivity contribution in [1.82, 2.24) is 14.9 Å². The molecule has 0 saturated carbocycles. The summed E-state index contributed by atoms with van der Waals surface area (Å²) < 4.78 is 33.4. The fourth-order valence-electron chi connectivity index (χ4n) is 5.28. The summed E-state index contributed by atoms with van der Waals surface area (Å²) in [5.41, 5.74) is 5.10. The molecule has 1 saturated heterocycles. The summed E-state index contributed by atoms with van der Waals surface area (Å²) in [6, 6.07) is 18.5. The van der Waals surface area contributed by atoms with Crippen molar-refractivity contribution in [1.29, 1.82) is 0 Å². The lowest BCUT2D eigenvalue weighted by molar-refractivity contribution is -0.384. The van der Waals surface area contributed by atoms with Gasteiger partial charge in [-0.05, 0) is 80.2 Å². The minimum absolute atomic E-state index is 0.0469. The zero-order valence-electron chi connectivity index (χ0n) is 22.7. The highest BCUT2D eigenvalue weighted by atomic mass is 32.2. The Morgan fingerprint density at radius 2 is 1.83 bits per heavy atom. The van der Waals surface area contributed by atoms with E-state index in [2.05, 4.69) is 15.0 Å². The van der Waals surface area contributed by atoms with Crippen molar-refractivity contribution < 1.29 is 18.1 Å². The number of anilines is 2. The molecule has 3 heterocycles. The van der Waals surface area contributed by atoms with Crippen molar-refractivity contribution in [2.75, 3.05) is 23.0 Å². The van der Waals surface area contributed by atoms with Crippen LogP contribution in [0.15, 0.2) is 72.9 Å². The number of thiocarbonyl (C=S) groups is 1. The highest BCUT2D eigenvalue weighted by Gasteiger charge is 2.42. The van der Waals surface area contributed by atoms with Gasteiger partial charge in [0, 0.05) is 41.1 Å². The van der Waals surface area contributed by atoms with E-state index in [1.54, 1.807) is 36.5 Å². The average molecular weight is 593 g/mol. The Labute approximate surface area is 243 Å². The van der Waals surface area contributed by atoms with Crippen molar-refractivity contribution in [2.24, 2.45) is 0 Å². The van der Waals surface area contributed by atoms with Gasteiger partial charge >= 0.3 is 0 Å². The predicted octanol–water partition coefficient (Wildman–Crippen LogP) is 4.95. The van der Waals surface area contributed by atoms with Crippen LogP contribution in [-0.4, -0.2) is 41.4 Å². The molecule has 0 bridgehead atoms. The van der Waals surface area contributed by atoms with E-state index in [4.69, 9.17) is 17.0 Å². The molecule has 1 fully saturated rings. The zero-order chi connectivity index (χ0) is 29.5. The Morgan fingerprint density at radius 3 is 2.44 bits per heavy atom. The molecule has 2 aromatic carbocycles. The van der Waals surface area contributed by atoms with Crippen molar-refractivity contribution >= 4 is 44.4 Å². The lowest BCUT2D eigenvalue weighted by atomic mass is 9.96. The number of hydrogen-bond donors (Lipinski definition) is 2. The maximum Gasteiger partial charge on any atom is 0.271 e. The van der Waals surface area contributed by atoms with Crippen LogP contribution in [0.1, 0.15) is 34.7 Å². The number of sulfonamides is 1. The van der Waals surface area contributed by atoms with E-state index in [1.807, 2.05) is 47.6 Å². The molecule has 2 aromatic heterocycles. The minimum Gasteiger partial charge on any atom is -0.495 e. The van der Waals surface area contributed by atoms with Crippen LogP contribution in [0.25, 0.3) is 5.69 Å². The molecule has 5 rings (SSSR count). The van der Waals surface area contributed by atoms with Crippen LogP contribution in [0.3, 0.4) is 0 Å². The standard InChI is InChI=1S/C28H28N6O5S2/c1-17-15-22(18(2)32(17)24-16-21(34(35)36)12-13-25(24)39-3)27-26(23-7-5-6-14-29-23)30-28(40)33(27)20-10-8-19(9-11-20)31-41(4,37)38/h5-16,26-27,31H,1-4H3,(H,30,40)/t26-,27-/m0/s1. The van der Waals surface area contributed by atoms with Gasteiger partial charge in [-0.1, -0.05) is 6.07 Å². The summed E-state index contributed by atoms with van der Waals surface area (Å²) >= 11 is 5.83. The Morgan fingerprint density at radius 1 is 1.10 bits per heavy atom. The molecule has 1 aliphatic rings. The monoisotopic (exact) mass is 592 g/mol. The molecule has 0 spiro atoms. The second kappa shape index (κ2) is 10.8.